The van der Waals surface area contributed by atoms with Crippen LogP contribution in [0, 0.1) is 0 Å². The van der Waals surface area contributed by atoms with Gasteiger partial charge >= 0.3 is 0 Å². The second-order valence-corrected chi connectivity index (χ2v) is 11.8. The van der Waals surface area contributed by atoms with Crippen LogP contribution in [0.15, 0.2) is 123 Å². The number of benzene rings is 3. The largest absolute Gasteiger partial charge is 0.294 e. The molecule has 4 heteroatoms. The van der Waals surface area contributed by atoms with Crippen LogP contribution in [0.3, 0.4) is 0 Å². The Bertz CT molecular complexity index is 1290. The molecule has 0 amide bonds. The Hall–Kier alpha value is -2.92. The highest BCUT2D eigenvalue weighted by Gasteiger charge is 2.30. The van der Waals surface area contributed by atoms with Crippen molar-refractivity contribution >= 4 is 39.4 Å². The molecule has 0 aliphatic carbocycles. The maximum atomic E-state index is 11.6. The molecule has 0 spiro atoms. The molecule has 0 radical (unpaired) electrons. The van der Waals surface area contributed by atoms with Gasteiger partial charge in [-0.25, -0.2) is 0 Å². The first kappa shape index (κ1) is 21.0. The smallest absolute Gasteiger partial charge is 0.220 e. The van der Waals surface area contributed by atoms with Crippen LogP contribution in [0.1, 0.15) is 16.6 Å². The van der Waals surface area contributed by atoms with E-state index in [1.165, 1.54) is 24.4 Å². The van der Waals surface area contributed by atoms with Crippen LogP contribution < -0.4 is 0 Å². The highest BCUT2D eigenvalue weighted by molar-refractivity contribution is 7.99. The van der Waals surface area contributed by atoms with Crippen LogP contribution in [0.25, 0.3) is 20.9 Å². The molecule has 0 unspecified atom stereocenters. The number of carbonyl (C=O) groups is 1. The summed E-state index contributed by atoms with van der Waals surface area (Å²) in [6, 6.07) is 38.6. The fourth-order valence-electron chi connectivity index (χ4n) is 3.55. The number of hydrogen-bond donors (Lipinski definition) is 0. The molecule has 0 N–H and O–H groups in total. The summed E-state index contributed by atoms with van der Waals surface area (Å²) in [4.78, 5) is 17.5. The molecule has 1 nitrogen and oxygen atoms in total. The SMILES string of the molecule is CC(=O)c1ccc(-c2ccc(-c3ccc([S+](c4ccccc4)c4ccccc4)s3)cc2)s1. The van der Waals surface area contributed by atoms with Crippen LogP contribution in [0.5, 0.6) is 0 Å². The second kappa shape index (κ2) is 9.29. The van der Waals surface area contributed by atoms with Gasteiger partial charge in [0.1, 0.15) is 10.9 Å². The quantitative estimate of drug-likeness (QED) is 0.180. The molecule has 0 saturated carbocycles. The van der Waals surface area contributed by atoms with E-state index in [9.17, 15) is 4.79 Å². The predicted octanol–water partition coefficient (Wildman–Crippen LogP) is 8.44. The average molecular weight is 470 g/mol. The van der Waals surface area contributed by atoms with Gasteiger partial charge in [0, 0.05) is 15.8 Å². The van der Waals surface area contributed by atoms with E-state index >= 15 is 0 Å². The molecule has 156 valence electrons. The van der Waals surface area contributed by atoms with E-state index in [-0.39, 0.29) is 16.7 Å². The van der Waals surface area contributed by atoms with E-state index < -0.39 is 0 Å². The Labute approximate surface area is 199 Å². The molecule has 5 rings (SSSR count). The molecular formula is C28H21OS3+. The van der Waals surface area contributed by atoms with Gasteiger partial charge in [-0.1, -0.05) is 72.0 Å². The molecule has 2 heterocycles. The Kier molecular flexibility index (Phi) is 6.08. The standard InChI is InChI=1S/C28H21OS3/c1-20(29)25-16-17-26(30-25)21-12-14-22(15-13-21)27-18-19-28(31-27)32(23-8-4-2-5-9-23)24-10-6-3-7-11-24/h2-19H,1H3/q+1. The third-order valence-electron chi connectivity index (χ3n) is 5.15. The molecule has 3 aromatic carbocycles. The molecule has 32 heavy (non-hydrogen) atoms. The van der Waals surface area contributed by atoms with Crippen molar-refractivity contribution in [3.05, 3.63) is 114 Å². The zero-order valence-electron chi connectivity index (χ0n) is 17.5. The molecule has 5 aromatic rings. The lowest BCUT2D eigenvalue weighted by Crippen LogP contribution is -2.02. The van der Waals surface area contributed by atoms with Crippen molar-refractivity contribution in [2.75, 3.05) is 0 Å². The number of hydrogen-bond acceptors (Lipinski definition) is 3. The molecule has 0 aliphatic heterocycles. The van der Waals surface area contributed by atoms with Gasteiger partial charge in [-0.15, -0.1) is 11.3 Å². The first-order chi connectivity index (χ1) is 15.7. The minimum Gasteiger partial charge on any atom is -0.294 e. The van der Waals surface area contributed by atoms with Gasteiger partial charge in [0.15, 0.2) is 15.6 Å². The third-order valence-corrected chi connectivity index (χ3v) is 10.1. The molecule has 0 fully saturated rings. The third kappa shape index (κ3) is 4.35. The van der Waals surface area contributed by atoms with Crippen molar-refractivity contribution < 1.29 is 4.79 Å². The van der Waals surface area contributed by atoms with E-state index in [0.717, 1.165) is 15.3 Å². The summed E-state index contributed by atoms with van der Waals surface area (Å²) in [7, 11) is -0.115. The van der Waals surface area contributed by atoms with E-state index in [2.05, 4.69) is 97.1 Å². The Morgan fingerprint density at radius 2 is 1.09 bits per heavy atom. The van der Waals surface area contributed by atoms with Crippen molar-refractivity contribution in [3.63, 3.8) is 0 Å². The van der Waals surface area contributed by atoms with Crippen molar-refractivity contribution in [1.29, 1.82) is 0 Å². The van der Waals surface area contributed by atoms with E-state index in [0.29, 0.717) is 0 Å². The van der Waals surface area contributed by atoms with Gasteiger partial charge in [-0.3, -0.25) is 4.79 Å². The molecule has 0 bridgehead atoms. The van der Waals surface area contributed by atoms with Crippen LogP contribution in [-0.4, -0.2) is 5.78 Å². The van der Waals surface area contributed by atoms with Crippen LogP contribution in [-0.2, 0) is 10.9 Å². The topological polar surface area (TPSA) is 17.1 Å². The Morgan fingerprint density at radius 3 is 1.59 bits per heavy atom. The maximum Gasteiger partial charge on any atom is 0.220 e. The molecule has 0 aliphatic rings. The van der Waals surface area contributed by atoms with Gasteiger partial charge in [0.25, 0.3) is 0 Å². The summed E-state index contributed by atoms with van der Waals surface area (Å²) in [5.41, 5.74) is 2.37. The average Bonchev–Trinajstić information content (AvgIpc) is 3.52. The van der Waals surface area contributed by atoms with Gasteiger partial charge < -0.3 is 0 Å². The van der Waals surface area contributed by atoms with Gasteiger partial charge in [-0.05, 0) is 60.5 Å². The monoisotopic (exact) mass is 469 g/mol. The van der Waals surface area contributed by atoms with E-state index in [1.54, 1.807) is 18.3 Å². The van der Waals surface area contributed by atoms with E-state index in [1.807, 2.05) is 23.5 Å². The minimum absolute atomic E-state index is 0.115. The zero-order valence-corrected chi connectivity index (χ0v) is 20.0. The number of ketones is 1. The first-order valence-corrected chi connectivity index (χ1v) is 13.2. The minimum atomic E-state index is -0.115. The van der Waals surface area contributed by atoms with E-state index in [4.69, 9.17) is 0 Å². The number of Topliss-reactive ketones (excluding diaryl/α,β-unsaturated/α-hetero) is 1. The Balaban J connectivity index is 1.46. The zero-order chi connectivity index (χ0) is 21.9. The molecule has 0 atom stereocenters. The van der Waals surface area contributed by atoms with Crippen molar-refractivity contribution in [2.24, 2.45) is 0 Å². The highest BCUT2D eigenvalue weighted by Crippen LogP contribution is 2.39. The highest BCUT2D eigenvalue weighted by atomic mass is 32.2. The fourth-order valence-corrected chi connectivity index (χ4v) is 8.18. The molecule has 2 aromatic heterocycles. The number of rotatable bonds is 6. The summed E-state index contributed by atoms with van der Waals surface area (Å²) in [5.74, 6) is 0.121. The van der Waals surface area contributed by atoms with Crippen LogP contribution in [0.4, 0.5) is 0 Å². The summed E-state index contributed by atoms with van der Waals surface area (Å²) >= 11 is 3.42. The second-order valence-electron chi connectivity index (χ2n) is 7.35. The van der Waals surface area contributed by atoms with Crippen LogP contribution >= 0.6 is 22.7 Å². The number of carbonyl (C=O) groups excluding carboxylic acids is 1. The van der Waals surface area contributed by atoms with Gasteiger partial charge in [0.05, 0.1) is 4.88 Å². The fraction of sp³-hybridized carbons (Fsp3) is 0.0357. The summed E-state index contributed by atoms with van der Waals surface area (Å²) in [6.07, 6.45) is 0. The van der Waals surface area contributed by atoms with Crippen LogP contribution in [0.2, 0.25) is 0 Å². The summed E-state index contributed by atoms with van der Waals surface area (Å²) in [5, 5.41) is 0. The van der Waals surface area contributed by atoms with Gasteiger partial charge in [0.2, 0.25) is 4.21 Å². The lowest BCUT2D eigenvalue weighted by atomic mass is 10.1. The van der Waals surface area contributed by atoms with Crippen molar-refractivity contribution in [1.82, 2.24) is 0 Å². The lowest BCUT2D eigenvalue weighted by Gasteiger charge is -2.05. The van der Waals surface area contributed by atoms with Crippen molar-refractivity contribution in [3.8, 4) is 20.9 Å². The summed E-state index contributed by atoms with van der Waals surface area (Å²) < 4.78 is 1.37. The summed E-state index contributed by atoms with van der Waals surface area (Å²) in [6.45, 7) is 1.62. The first-order valence-electron chi connectivity index (χ1n) is 10.3. The maximum absolute atomic E-state index is 11.6. The number of thiophene rings is 2. The predicted molar refractivity (Wildman–Crippen MR) is 138 cm³/mol. The van der Waals surface area contributed by atoms with Gasteiger partial charge in [-0.2, -0.15) is 0 Å². The van der Waals surface area contributed by atoms with Crippen molar-refractivity contribution in [2.45, 2.75) is 20.9 Å². The lowest BCUT2D eigenvalue weighted by molar-refractivity contribution is 0.102. The normalized spacial score (nSPS) is 11.1. The molecular weight excluding hydrogens is 449 g/mol. The Morgan fingerprint density at radius 1 is 0.594 bits per heavy atom. The molecule has 0 saturated heterocycles.